The molecule has 0 aliphatic heterocycles. The Balaban J connectivity index is 1.58. The summed E-state index contributed by atoms with van der Waals surface area (Å²) in [5, 5.41) is 3.81. The van der Waals surface area contributed by atoms with Crippen LogP contribution in [0.2, 0.25) is 0 Å². The first kappa shape index (κ1) is 15.0. The van der Waals surface area contributed by atoms with Gasteiger partial charge in [-0.2, -0.15) is 0 Å². The van der Waals surface area contributed by atoms with E-state index in [4.69, 9.17) is 4.74 Å². The molecule has 23 heavy (non-hydrogen) atoms. The van der Waals surface area contributed by atoms with Gasteiger partial charge in [0.2, 0.25) is 0 Å². The first-order chi connectivity index (χ1) is 11.2. The highest BCUT2D eigenvalue weighted by Gasteiger charge is 2.04. The molecule has 0 spiro atoms. The number of benzene rings is 2. The molecule has 0 saturated carbocycles. The van der Waals surface area contributed by atoms with Gasteiger partial charge in [-0.15, -0.1) is 0 Å². The quantitative estimate of drug-likeness (QED) is 0.779. The van der Waals surface area contributed by atoms with Gasteiger partial charge in [0.15, 0.2) is 6.61 Å². The van der Waals surface area contributed by atoms with Crippen molar-refractivity contribution in [1.29, 1.82) is 0 Å². The number of amides is 1. The Morgan fingerprint density at radius 1 is 1.13 bits per heavy atom. The molecule has 3 aromatic rings. The van der Waals surface area contributed by atoms with Crippen molar-refractivity contribution in [1.82, 2.24) is 4.98 Å². The molecule has 0 aliphatic rings. The Bertz CT molecular complexity index is 813. The topological polar surface area (TPSA) is 51.2 Å². The van der Waals surface area contributed by atoms with Crippen molar-refractivity contribution in [3.05, 3.63) is 66.4 Å². The largest absolute Gasteiger partial charge is 0.484 e. The lowest BCUT2D eigenvalue weighted by atomic mass is 10.1. The summed E-state index contributed by atoms with van der Waals surface area (Å²) in [6.45, 7) is 2.07. The van der Waals surface area contributed by atoms with Crippen LogP contribution in [0.5, 0.6) is 5.75 Å². The van der Waals surface area contributed by atoms with E-state index >= 15 is 0 Å². The van der Waals surface area contributed by atoms with Gasteiger partial charge >= 0.3 is 0 Å². The molecule has 3 rings (SSSR count). The number of nitrogens with zero attached hydrogens (tertiary/aromatic N) is 1. The highest BCUT2D eigenvalue weighted by molar-refractivity contribution is 5.92. The van der Waals surface area contributed by atoms with Crippen LogP contribution in [0.15, 0.2) is 60.8 Å². The number of aryl methyl sites for hydroxylation is 1. The minimum atomic E-state index is -0.180. The van der Waals surface area contributed by atoms with Crippen LogP contribution in [0.3, 0.4) is 0 Å². The highest BCUT2D eigenvalue weighted by Crippen LogP contribution is 2.19. The lowest BCUT2D eigenvalue weighted by molar-refractivity contribution is -0.118. The molecule has 4 nitrogen and oxygen atoms in total. The van der Waals surface area contributed by atoms with E-state index in [1.54, 1.807) is 6.20 Å². The fraction of sp³-hybridized carbons (Fsp3) is 0.158. The van der Waals surface area contributed by atoms with Crippen molar-refractivity contribution < 1.29 is 9.53 Å². The van der Waals surface area contributed by atoms with Crippen LogP contribution in [-0.2, 0) is 11.2 Å². The maximum Gasteiger partial charge on any atom is 0.262 e. The second-order valence-electron chi connectivity index (χ2n) is 5.25. The van der Waals surface area contributed by atoms with Gasteiger partial charge in [-0.05, 0) is 48.4 Å². The number of ether oxygens (including phenoxy) is 1. The van der Waals surface area contributed by atoms with Crippen LogP contribution < -0.4 is 10.1 Å². The molecule has 0 atom stereocenters. The average Bonchev–Trinajstić information content (AvgIpc) is 2.60. The van der Waals surface area contributed by atoms with Crippen LogP contribution in [0.1, 0.15) is 12.5 Å². The van der Waals surface area contributed by atoms with E-state index < -0.39 is 0 Å². The molecule has 1 heterocycles. The predicted octanol–water partition coefficient (Wildman–Crippen LogP) is 3.81. The molecule has 0 fully saturated rings. The van der Waals surface area contributed by atoms with Gasteiger partial charge in [-0.1, -0.05) is 25.1 Å². The number of anilines is 1. The third kappa shape index (κ3) is 3.86. The zero-order valence-electron chi connectivity index (χ0n) is 13.0. The molecule has 116 valence electrons. The fourth-order valence-electron chi connectivity index (χ4n) is 2.31. The smallest absolute Gasteiger partial charge is 0.262 e. The van der Waals surface area contributed by atoms with E-state index in [0.717, 1.165) is 23.0 Å². The zero-order chi connectivity index (χ0) is 16.1. The van der Waals surface area contributed by atoms with Crippen LogP contribution in [0.25, 0.3) is 10.9 Å². The minimum Gasteiger partial charge on any atom is -0.484 e. The second kappa shape index (κ2) is 6.92. The average molecular weight is 306 g/mol. The summed E-state index contributed by atoms with van der Waals surface area (Å²) in [5.74, 6) is 0.475. The number of fused-ring (bicyclic) bond motifs is 1. The summed E-state index contributed by atoms with van der Waals surface area (Å²) < 4.78 is 5.55. The molecule has 1 amide bonds. The normalized spacial score (nSPS) is 10.5. The standard InChI is InChI=1S/C19H18N2O2/c1-2-14-5-7-16(8-6-14)21-19(22)13-23-17-9-10-18-15(12-17)4-3-11-20-18/h3-12H,2,13H2,1H3,(H,21,22). The van der Waals surface area contributed by atoms with Gasteiger partial charge < -0.3 is 10.1 Å². The molecule has 0 unspecified atom stereocenters. The first-order valence-corrected chi connectivity index (χ1v) is 7.61. The Hall–Kier alpha value is -2.88. The van der Waals surface area contributed by atoms with E-state index in [1.807, 2.05) is 54.6 Å². The van der Waals surface area contributed by atoms with E-state index in [2.05, 4.69) is 17.2 Å². The third-order valence-corrected chi connectivity index (χ3v) is 3.59. The predicted molar refractivity (Wildman–Crippen MR) is 91.7 cm³/mol. The number of carbonyl (C=O) groups excluding carboxylic acids is 1. The number of carbonyl (C=O) groups is 1. The Morgan fingerprint density at radius 3 is 2.74 bits per heavy atom. The van der Waals surface area contributed by atoms with Gasteiger partial charge in [0, 0.05) is 17.3 Å². The number of aromatic nitrogens is 1. The van der Waals surface area contributed by atoms with Gasteiger partial charge in [0.05, 0.1) is 5.52 Å². The lowest BCUT2D eigenvalue weighted by Crippen LogP contribution is -2.20. The van der Waals surface area contributed by atoms with Gasteiger partial charge in [-0.3, -0.25) is 9.78 Å². The molecular formula is C19H18N2O2. The summed E-state index contributed by atoms with van der Waals surface area (Å²) in [7, 11) is 0. The number of pyridine rings is 1. The van der Waals surface area contributed by atoms with Crippen LogP contribution in [0, 0.1) is 0 Å². The van der Waals surface area contributed by atoms with E-state index in [-0.39, 0.29) is 12.5 Å². The second-order valence-corrected chi connectivity index (χ2v) is 5.25. The number of hydrogen-bond acceptors (Lipinski definition) is 3. The van der Waals surface area contributed by atoms with Crippen LogP contribution in [0.4, 0.5) is 5.69 Å². The fourth-order valence-corrected chi connectivity index (χ4v) is 2.31. The molecule has 2 aromatic carbocycles. The third-order valence-electron chi connectivity index (χ3n) is 3.59. The molecule has 1 N–H and O–H groups in total. The van der Waals surface area contributed by atoms with Crippen molar-refractivity contribution in [2.45, 2.75) is 13.3 Å². The molecular weight excluding hydrogens is 288 g/mol. The minimum absolute atomic E-state index is 0.0265. The summed E-state index contributed by atoms with van der Waals surface area (Å²) >= 11 is 0. The van der Waals surface area contributed by atoms with E-state index in [1.165, 1.54) is 5.56 Å². The molecule has 0 aliphatic carbocycles. The van der Waals surface area contributed by atoms with Crippen molar-refractivity contribution >= 4 is 22.5 Å². The Kier molecular flexibility index (Phi) is 4.52. The summed E-state index contributed by atoms with van der Waals surface area (Å²) in [6, 6.07) is 17.2. The summed E-state index contributed by atoms with van der Waals surface area (Å²) in [4.78, 5) is 16.2. The zero-order valence-corrected chi connectivity index (χ0v) is 13.0. The van der Waals surface area contributed by atoms with Crippen molar-refractivity contribution in [3.63, 3.8) is 0 Å². The Morgan fingerprint density at radius 2 is 1.96 bits per heavy atom. The summed E-state index contributed by atoms with van der Waals surface area (Å²) in [6.07, 6.45) is 2.73. The highest BCUT2D eigenvalue weighted by atomic mass is 16.5. The monoisotopic (exact) mass is 306 g/mol. The Labute approximate surface area is 135 Å². The van der Waals surface area contributed by atoms with E-state index in [0.29, 0.717) is 5.75 Å². The van der Waals surface area contributed by atoms with Gasteiger partial charge in [-0.25, -0.2) is 0 Å². The van der Waals surface area contributed by atoms with Crippen molar-refractivity contribution in [3.8, 4) is 5.75 Å². The summed E-state index contributed by atoms with van der Waals surface area (Å²) in [5.41, 5.74) is 2.92. The number of rotatable bonds is 5. The lowest BCUT2D eigenvalue weighted by Gasteiger charge is -2.08. The molecule has 1 aromatic heterocycles. The van der Waals surface area contributed by atoms with Crippen LogP contribution >= 0.6 is 0 Å². The molecule has 0 saturated heterocycles. The SMILES string of the molecule is CCc1ccc(NC(=O)COc2ccc3ncccc3c2)cc1. The maximum absolute atomic E-state index is 12.0. The van der Waals surface area contributed by atoms with Crippen molar-refractivity contribution in [2.75, 3.05) is 11.9 Å². The first-order valence-electron chi connectivity index (χ1n) is 7.61. The van der Waals surface area contributed by atoms with Crippen molar-refractivity contribution in [2.24, 2.45) is 0 Å². The van der Waals surface area contributed by atoms with Gasteiger partial charge in [0.1, 0.15) is 5.75 Å². The number of hydrogen-bond donors (Lipinski definition) is 1. The van der Waals surface area contributed by atoms with E-state index in [9.17, 15) is 4.79 Å². The number of nitrogens with one attached hydrogen (secondary N) is 1. The molecule has 0 radical (unpaired) electrons. The van der Waals surface area contributed by atoms with Gasteiger partial charge in [0.25, 0.3) is 5.91 Å². The molecule has 4 heteroatoms. The maximum atomic E-state index is 12.0. The van der Waals surface area contributed by atoms with Crippen LogP contribution in [-0.4, -0.2) is 17.5 Å². The molecule has 0 bridgehead atoms.